The molecule has 0 atom stereocenters. The second kappa shape index (κ2) is 8.49. The topological polar surface area (TPSA) is 72.7 Å². The minimum absolute atomic E-state index is 0.0366. The highest BCUT2D eigenvalue weighted by molar-refractivity contribution is 5.92. The fraction of sp³-hybridized carbons (Fsp3) is 0.286. The zero-order chi connectivity index (χ0) is 19.2. The molecular weight excluding hydrogens is 342 g/mol. The maximum absolute atomic E-state index is 12.2. The number of para-hydroxylation sites is 2. The van der Waals surface area contributed by atoms with E-state index in [9.17, 15) is 9.59 Å². The van der Waals surface area contributed by atoms with E-state index >= 15 is 0 Å². The Bertz CT molecular complexity index is 1010. The van der Waals surface area contributed by atoms with Crippen LogP contribution in [0, 0.1) is 6.92 Å². The van der Waals surface area contributed by atoms with Crippen molar-refractivity contribution in [1.29, 1.82) is 0 Å². The molecule has 0 unspecified atom stereocenters. The first kappa shape index (κ1) is 18.6. The number of fused-ring (bicyclic) bond motifs is 1. The average molecular weight is 365 g/mol. The lowest BCUT2D eigenvalue weighted by Gasteiger charge is -2.12. The van der Waals surface area contributed by atoms with Gasteiger partial charge in [0.25, 0.3) is 5.56 Å². The first-order valence-corrected chi connectivity index (χ1v) is 9.07. The van der Waals surface area contributed by atoms with E-state index in [-0.39, 0.29) is 18.1 Å². The number of carbonyl (C=O) groups is 1. The number of aryl methyl sites for hydroxylation is 1. The first-order chi connectivity index (χ1) is 13.1. The number of amides is 1. The van der Waals surface area contributed by atoms with Crippen molar-refractivity contribution >= 4 is 17.2 Å². The summed E-state index contributed by atoms with van der Waals surface area (Å²) in [6, 6.07) is 12.4. The summed E-state index contributed by atoms with van der Waals surface area (Å²) in [5.74, 6) is 0.513. The van der Waals surface area contributed by atoms with Crippen molar-refractivity contribution in [2.75, 3.05) is 5.32 Å². The predicted molar refractivity (Wildman–Crippen MR) is 105 cm³/mol. The second-order valence-electron chi connectivity index (χ2n) is 6.45. The van der Waals surface area contributed by atoms with Gasteiger partial charge in [-0.3, -0.25) is 14.0 Å². The number of rotatable bonds is 7. The summed E-state index contributed by atoms with van der Waals surface area (Å²) in [7, 11) is 0. The maximum atomic E-state index is 12.2. The van der Waals surface area contributed by atoms with Gasteiger partial charge in [0.2, 0.25) is 5.91 Å². The molecule has 0 aliphatic heterocycles. The second-order valence-corrected chi connectivity index (χ2v) is 6.45. The van der Waals surface area contributed by atoms with Gasteiger partial charge in [-0.25, -0.2) is 4.98 Å². The summed E-state index contributed by atoms with van der Waals surface area (Å²) < 4.78 is 7.34. The summed E-state index contributed by atoms with van der Waals surface area (Å²) >= 11 is 0. The average Bonchev–Trinajstić information content (AvgIpc) is 2.65. The highest BCUT2D eigenvalue weighted by atomic mass is 16.5. The van der Waals surface area contributed by atoms with Gasteiger partial charge >= 0.3 is 0 Å². The monoisotopic (exact) mass is 365 g/mol. The number of anilines is 1. The normalized spacial score (nSPS) is 10.7. The first-order valence-electron chi connectivity index (χ1n) is 9.07. The van der Waals surface area contributed by atoms with E-state index in [0.29, 0.717) is 29.2 Å². The molecule has 0 fully saturated rings. The highest BCUT2D eigenvalue weighted by Crippen LogP contribution is 2.25. The minimum Gasteiger partial charge on any atom is -0.485 e. The molecule has 27 heavy (non-hydrogen) atoms. The molecule has 140 valence electrons. The Balaban J connectivity index is 1.76. The lowest BCUT2D eigenvalue weighted by atomic mass is 10.2. The van der Waals surface area contributed by atoms with Crippen molar-refractivity contribution in [3.8, 4) is 5.75 Å². The summed E-state index contributed by atoms with van der Waals surface area (Å²) in [5.41, 5.74) is 2.62. The van der Waals surface area contributed by atoms with Crippen molar-refractivity contribution in [3.05, 3.63) is 70.3 Å². The van der Waals surface area contributed by atoms with E-state index in [1.165, 1.54) is 10.5 Å². The summed E-state index contributed by atoms with van der Waals surface area (Å²) in [6.45, 7) is 4.14. The summed E-state index contributed by atoms with van der Waals surface area (Å²) in [6.07, 6.45) is 4.01. The third-order valence-electron chi connectivity index (χ3n) is 4.17. The molecule has 3 aromatic rings. The van der Waals surface area contributed by atoms with Crippen LogP contribution in [-0.2, 0) is 11.4 Å². The number of unbranched alkanes of at least 4 members (excludes halogenated alkanes) is 1. The molecule has 6 heteroatoms. The molecule has 0 radical (unpaired) electrons. The standard InChI is InChI=1S/C21H23N3O3/c1-3-4-9-20(25)23-17-7-5-6-8-18(17)27-14-16-13-21(26)24-11-10-15(2)12-19(24)22-16/h5-8,10-13H,3-4,9,14H2,1-2H3,(H,23,25). The lowest BCUT2D eigenvalue weighted by molar-refractivity contribution is -0.116. The largest absolute Gasteiger partial charge is 0.485 e. The third kappa shape index (κ3) is 4.73. The van der Waals surface area contributed by atoms with Gasteiger partial charge in [0.1, 0.15) is 18.0 Å². The van der Waals surface area contributed by atoms with Crippen LogP contribution in [0.2, 0.25) is 0 Å². The van der Waals surface area contributed by atoms with Crippen LogP contribution >= 0.6 is 0 Å². The van der Waals surface area contributed by atoms with Crippen molar-refractivity contribution in [2.45, 2.75) is 39.7 Å². The van der Waals surface area contributed by atoms with Gasteiger partial charge in [-0.05, 0) is 43.2 Å². The van der Waals surface area contributed by atoms with Gasteiger partial charge in [0, 0.05) is 18.7 Å². The molecule has 0 aliphatic rings. The Kier molecular flexibility index (Phi) is 5.86. The number of pyridine rings is 1. The molecule has 0 bridgehead atoms. The zero-order valence-electron chi connectivity index (χ0n) is 15.6. The lowest BCUT2D eigenvalue weighted by Crippen LogP contribution is -2.16. The number of nitrogens with zero attached hydrogens (tertiary/aromatic N) is 2. The molecule has 2 heterocycles. The SMILES string of the molecule is CCCCC(=O)Nc1ccccc1OCc1cc(=O)n2ccc(C)cc2n1. The fourth-order valence-electron chi connectivity index (χ4n) is 2.73. The van der Waals surface area contributed by atoms with Crippen LogP contribution in [0.25, 0.3) is 5.65 Å². The predicted octanol–water partition coefficient (Wildman–Crippen LogP) is 3.71. The van der Waals surface area contributed by atoms with Gasteiger partial charge in [0.05, 0.1) is 11.4 Å². The Labute approximate surface area is 157 Å². The smallest absolute Gasteiger partial charge is 0.258 e. The van der Waals surface area contributed by atoms with Crippen LogP contribution in [0.5, 0.6) is 5.75 Å². The van der Waals surface area contributed by atoms with E-state index in [2.05, 4.69) is 10.3 Å². The number of carbonyl (C=O) groups excluding carboxylic acids is 1. The number of ether oxygens (including phenoxy) is 1. The molecule has 2 aromatic heterocycles. The fourth-order valence-corrected chi connectivity index (χ4v) is 2.73. The van der Waals surface area contributed by atoms with Crippen LogP contribution in [0.1, 0.15) is 37.4 Å². The summed E-state index contributed by atoms with van der Waals surface area (Å²) in [4.78, 5) is 28.7. The van der Waals surface area contributed by atoms with Crippen LogP contribution in [0.15, 0.2) is 53.5 Å². The molecule has 0 spiro atoms. The maximum Gasteiger partial charge on any atom is 0.258 e. The minimum atomic E-state index is -0.153. The van der Waals surface area contributed by atoms with Crippen molar-refractivity contribution in [1.82, 2.24) is 9.38 Å². The Hall–Kier alpha value is -3.15. The summed E-state index contributed by atoms with van der Waals surface area (Å²) in [5, 5.41) is 2.88. The van der Waals surface area contributed by atoms with Gasteiger partial charge in [-0.15, -0.1) is 0 Å². The highest BCUT2D eigenvalue weighted by Gasteiger charge is 2.09. The number of hydrogen-bond acceptors (Lipinski definition) is 4. The van der Waals surface area contributed by atoms with Crippen LogP contribution in [0.3, 0.4) is 0 Å². The Morgan fingerprint density at radius 1 is 1.22 bits per heavy atom. The van der Waals surface area contributed by atoms with Gasteiger partial charge in [-0.2, -0.15) is 0 Å². The van der Waals surface area contributed by atoms with Crippen molar-refractivity contribution < 1.29 is 9.53 Å². The molecule has 1 amide bonds. The number of nitrogens with one attached hydrogen (secondary N) is 1. The number of hydrogen-bond donors (Lipinski definition) is 1. The molecule has 6 nitrogen and oxygen atoms in total. The van der Waals surface area contributed by atoms with Gasteiger partial charge in [-0.1, -0.05) is 25.5 Å². The Morgan fingerprint density at radius 3 is 2.85 bits per heavy atom. The third-order valence-corrected chi connectivity index (χ3v) is 4.17. The van der Waals surface area contributed by atoms with E-state index < -0.39 is 0 Å². The zero-order valence-corrected chi connectivity index (χ0v) is 15.6. The molecule has 0 saturated carbocycles. The van der Waals surface area contributed by atoms with Gasteiger partial charge < -0.3 is 10.1 Å². The number of benzene rings is 1. The number of aromatic nitrogens is 2. The molecule has 3 rings (SSSR count). The van der Waals surface area contributed by atoms with E-state index in [4.69, 9.17) is 4.74 Å². The van der Waals surface area contributed by atoms with Crippen molar-refractivity contribution in [2.24, 2.45) is 0 Å². The van der Waals surface area contributed by atoms with Crippen LogP contribution < -0.4 is 15.6 Å². The van der Waals surface area contributed by atoms with E-state index in [1.54, 1.807) is 18.3 Å². The molecular formula is C21H23N3O3. The molecule has 0 aliphatic carbocycles. The quantitative estimate of drug-likeness (QED) is 0.693. The van der Waals surface area contributed by atoms with E-state index in [1.807, 2.05) is 38.1 Å². The van der Waals surface area contributed by atoms with Gasteiger partial charge in [0.15, 0.2) is 0 Å². The van der Waals surface area contributed by atoms with E-state index in [0.717, 1.165) is 18.4 Å². The van der Waals surface area contributed by atoms with Crippen molar-refractivity contribution in [3.63, 3.8) is 0 Å². The molecule has 1 N–H and O–H groups in total. The molecule has 1 aromatic carbocycles. The Morgan fingerprint density at radius 2 is 2.04 bits per heavy atom. The van der Waals surface area contributed by atoms with Crippen LogP contribution in [-0.4, -0.2) is 15.3 Å². The van der Waals surface area contributed by atoms with Crippen LogP contribution in [0.4, 0.5) is 5.69 Å². The molecule has 0 saturated heterocycles.